The van der Waals surface area contributed by atoms with Crippen LogP contribution in [-0.4, -0.2) is 42.9 Å². The zero-order chi connectivity index (χ0) is 27.4. The van der Waals surface area contributed by atoms with Gasteiger partial charge in [0.2, 0.25) is 10.3 Å². The molecule has 10 N–H and O–H groups in total. The molecular weight excluding hydrogens is 532 g/mol. The van der Waals surface area contributed by atoms with Gasteiger partial charge in [0.05, 0.1) is 11.3 Å². The smallest absolute Gasteiger partial charge is 0.336 e. The number of carboxylic acid groups (broad SMARTS) is 1. The third-order valence-corrected chi connectivity index (χ3v) is 7.33. The van der Waals surface area contributed by atoms with Gasteiger partial charge in [0.15, 0.2) is 16.2 Å². The van der Waals surface area contributed by atoms with Crippen molar-refractivity contribution in [3.8, 4) is 22.5 Å². The van der Waals surface area contributed by atoms with E-state index in [9.17, 15) is 40.6 Å². The summed E-state index contributed by atoms with van der Waals surface area (Å²) < 4.78 is 74.2. The molecule has 4 rings (SSSR count). The van der Waals surface area contributed by atoms with Crippen molar-refractivity contribution < 1.29 is 50.5 Å². The van der Waals surface area contributed by atoms with Crippen molar-refractivity contribution in [2.45, 2.75) is 9.79 Å². The summed E-state index contributed by atoms with van der Waals surface area (Å²) in [5, 5.41) is 15.0. The van der Waals surface area contributed by atoms with E-state index in [0.29, 0.717) is 0 Å². The van der Waals surface area contributed by atoms with Crippen molar-refractivity contribution in [2.75, 3.05) is 5.73 Å². The third kappa shape index (κ3) is 4.28. The van der Waals surface area contributed by atoms with Gasteiger partial charge in [-0.3, -0.25) is 24.7 Å². The summed E-state index contributed by atoms with van der Waals surface area (Å²) in [6, 6.07) is 8.02. The highest BCUT2D eigenvalue weighted by molar-refractivity contribution is 7.86. The largest absolute Gasteiger partial charge is 0.478 e. The van der Waals surface area contributed by atoms with E-state index in [4.69, 9.17) is 21.4 Å². The first-order valence-corrected chi connectivity index (χ1v) is 12.8. The SMILES string of the molecule is NNC(=O)c1ccc(C(=O)O)c(-c2c3ccc(=[NH2+])c(S(=O)(=O)O)c-3oc3c(S(=O)(=O)O)c(N)ccc23)c1. The molecule has 14 nitrogen and oxygen atoms in total. The molecule has 2 aliphatic rings. The highest BCUT2D eigenvalue weighted by Crippen LogP contribution is 2.45. The van der Waals surface area contributed by atoms with Crippen LogP contribution < -0.4 is 27.8 Å². The number of fused-ring (bicyclic) bond motifs is 2. The molecule has 0 spiro atoms. The number of aromatic carboxylic acids is 1. The summed E-state index contributed by atoms with van der Waals surface area (Å²) in [4.78, 5) is 22.4. The molecule has 16 heteroatoms. The Morgan fingerprint density at radius 3 is 2.14 bits per heavy atom. The molecule has 0 atom stereocenters. The van der Waals surface area contributed by atoms with Crippen LogP contribution in [0.25, 0.3) is 33.4 Å². The number of amides is 1. The normalized spacial score (nSPS) is 12.1. The van der Waals surface area contributed by atoms with Crippen LogP contribution in [-0.2, 0) is 20.2 Å². The van der Waals surface area contributed by atoms with Crippen LogP contribution in [0.5, 0.6) is 0 Å². The molecule has 0 aromatic heterocycles. The number of anilines is 1. The second-order valence-electron chi connectivity index (χ2n) is 7.69. The van der Waals surface area contributed by atoms with Gasteiger partial charge in [-0.25, -0.2) is 10.6 Å². The van der Waals surface area contributed by atoms with Crippen LogP contribution in [0.2, 0.25) is 0 Å². The molecule has 0 saturated carbocycles. The van der Waals surface area contributed by atoms with E-state index in [1.807, 2.05) is 5.43 Å². The van der Waals surface area contributed by atoms with E-state index in [1.165, 1.54) is 12.1 Å². The predicted molar refractivity (Wildman–Crippen MR) is 126 cm³/mol. The fourth-order valence-corrected chi connectivity index (χ4v) is 5.49. The van der Waals surface area contributed by atoms with Crippen molar-refractivity contribution in [3.63, 3.8) is 0 Å². The average Bonchev–Trinajstić information content (AvgIpc) is 2.79. The lowest BCUT2D eigenvalue weighted by Crippen LogP contribution is -2.47. The molecule has 37 heavy (non-hydrogen) atoms. The second kappa shape index (κ2) is 8.64. The molecule has 0 radical (unpaired) electrons. The van der Waals surface area contributed by atoms with Gasteiger partial charge in [-0.1, -0.05) is 0 Å². The Hall–Kier alpha value is -4.35. The molecule has 1 aliphatic carbocycles. The standard InChI is InChI=1S/C21H16N4O10S2/c22-13-5-3-10-15(12-7-8(20(26)25-24)1-2-9(12)21(27)28)11-4-6-14(23)19(37(32,33)34)17(11)35-16(10)18(13)36(29,30)31/h1-7,22H,23-24H2,(H,25,26)(H,27,28)(H,29,30,31)(H,32,33,34)/p+1. The molecule has 1 heterocycles. The highest BCUT2D eigenvalue weighted by atomic mass is 32.2. The number of hydrogen-bond acceptors (Lipinski definition) is 9. The van der Waals surface area contributed by atoms with Crippen molar-refractivity contribution in [1.82, 2.24) is 5.43 Å². The Bertz CT molecular complexity index is 1900. The van der Waals surface area contributed by atoms with Gasteiger partial charge in [0, 0.05) is 28.1 Å². The first-order valence-electron chi connectivity index (χ1n) is 9.91. The number of benzene rings is 3. The van der Waals surface area contributed by atoms with Gasteiger partial charge in [0.25, 0.3) is 16.0 Å². The lowest BCUT2D eigenvalue weighted by molar-refractivity contribution is -0.176. The molecule has 1 aliphatic heterocycles. The summed E-state index contributed by atoms with van der Waals surface area (Å²) in [6.45, 7) is 0. The van der Waals surface area contributed by atoms with E-state index in [1.54, 1.807) is 0 Å². The average molecular weight is 550 g/mol. The quantitative estimate of drug-likeness (QED) is 0.0404. The summed E-state index contributed by atoms with van der Waals surface area (Å²) in [7, 11) is -10.2. The number of rotatable bonds is 5. The zero-order valence-corrected chi connectivity index (χ0v) is 19.9. The maximum atomic E-state index is 12.2. The summed E-state index contributed by atoms with van der Waals surface area (Å²) >= 11 is 0. The number of hydrazine groups is 1. The monoisotopic (exact) mass is 549 g/mol. The molecule has 0 bridgehead atoms. The van der Waals surface area contributed by atoms with Crippen LogP contribution in [0.15, 0.2) is 56.7 Å². The van der Waals surface area contributed by atoms with E-state index in [0.717, 1.165) is 30.3 Å². The van der Waals surface area contributed by atoms with Crippen LogP contribution in [0.4, 0.5) is 5.69 Å². The summed E-state index contributed by atoms with van der Waals surface area (Å²) in [6.07, 6.45) is 0. The first kappa shape index (κ1) is 25.7. The maximum Gasteiger partial charge on any atom is 0.336 e. The summed E-state index contributed by atoms with van der Waals surface area (Å²) in [5.41, 5.74) is 5.51. The second-order valence-corrected chi connectivity index (χ2v) is 10.4. The Morgan fingerprint density at radius 1 is 0.919 bits per heavy atom. The molecule has 0 fully saturated rings. The van der Waals surface area contributed by atoms with Gasteiger partial charge in [-0.15, -0.1) is 0 Å². The number of hydrogen-bond donors (Lipinski definition) is 7. The molecule has 2 aromatic rings. The molecule has 192 valence electrons. The van der Waals surface area contributed by atoms with Gasteiger partial charge in [0.1, 0.15) is 0 Å². The van der Waals surface area contributed by atoms with Crippen LogP contribution >= 0.6 is 0 Å². The number of nitrogens with two attached hydrogens (primary N) is 3. The Kier molecular flexibility index (Phi) is 6.01. The lowest BCUT2D eigenvalue weighted by Gasteiger charge is -2.19. The maximum absolute atomic E-state index is 12.2. The lowest BCUT2D eigenvalue weighted by atomic mass is 9.89. The van der Waals surface area contributed by atoms with Gasteiger partial charge in [-0.2, -0.15) is 16.8 Å². The minimum Gasteiger partial charge on any atom is -0.478 e. The Labute approximate surface area is 207 Å². The fraction of sp³-hybridized carbons (Fsp3) is 0. The predicted octanol–water partition coefficient (Wildman–Crippen LogP) is -0.758. The van der Waals surface area contributed by atoms with Gasteiger partial charge < -0.3 is 15.3 Å². The highest BCUT2D eigenvalue weighted by Gasteiger charge is 2.33. The molecule has 2 aromatic carbocycles. The summed E-state index contributed by atoms with van der Waals surface area (Å²) in [5.74, 6) is 2.25. The van der Waals surface area contributed by atoms with E-state index in [-0.39, 0.29) is 27.6 Å². The number of nitrogens with one attached hydrogen (secondary N) is 1. The van der Waals surface area contributed by atoms with Crippen molar-refractivity contribution in [3.05, 3.63) is 58.9 Å². The Balaban J connectivity index is 2.39. The van der Waals surface area contributed by atoms with Crippen molar-refractivity contribution >= 4 is 48.8 Å². The van der Waals surface area contributed by atoms with Gasteiger partial charge >= 0.3 is 16.1 Å². The minimum absolute atomic E-state index is 0.111. The molecular formula is C21H17N4O10S2+. The number of carbonyl (C=O) groups excluding carboxylic acids is 1. The van der Waals surface area contributed by atoms with Crippen molar-refractivity contribution in [1.29, 1.82) is 0 Å². The number of carboxylic acids is 1. The number of nitrogen functional groups attached to an aromatic ring is 2. The molecule has 1 amide bonds. The first-order chi connectivity index (χ1) is 17.2. The van der Waals surface area contributed by atoms with Crippen molar-refractivity contribution in [2.24, 2.45) is 5.84 Å². The van der Waals surface area contributed by atoms with E-state index >= 15 is 0 Å². The van der Waals surface area contributed by atoms with Crippen LogP contribution in [0, 0.1) is 0 Å². The van der Waals surface area contributed by atoms with E-state index in [2.05, 4.69) is 0 Å². The van der Waals surface area contributed by atoms with E-state index < -0.39 is 69.9 Å². The Morgan fingerprint density at radius 2 is 1.57 bits per heavy atom. The van der Waals surface area contributed by atoms with Crippen LogP contribution in [0.1, 0.15) is 20.7 Å². The third-order valence-electron chi connectivity index (χ3n) is 5.46. The van der Waals surface area contributed by atoms with Crippen LogP contribution in [0.3, 0.4) is 0 Å². The van der Waals surface area contributed by atoms with Gasteiger partial charge in [-0.05, 0) is 42.0 Å². The number of carbonyl (C=O) groups is 2. The minimum atomic E-state index is -5.10. The fourth-order valence-electron chi connectivity index (χ4n) is 3.98. The molecule has 0 saturated heterocycles. The molecule has 0 unspecified atom stereocenters. The topological polar surface area (TPSA) is 266 Å². The zero-order valence-electron chi connectivity index (χ0n) is 18.3.